The van der Waals surface area contributed by atoms with Gasteiger partial charge < -0.3 is 8.98 Å². The molecule has 0 radical (unpaired) electrons. The van der Waals surface area contributed by atoms with Crippen LogP contribution in [0.3, 0.4) is 0 Å². The van der Waals surface area contributed by atoms with Gasteiger partial charge in [0.2, 0.25) is 5.95 Å². The number of hydrogen-bond acceptors (Lipinski definition) is 3. The predicted molar refractivity (Wildman–Crippen MR) is 166 cm³/mol. The van der Waals surface area contributed by atoms with Gasteiger partial charge in [-0.05, 0) is 41.1 Å². The average molecular weight is 527 g/mol. The summed E-state index contributed by atoms with van der Waals surface area (Å²) in [6, 6.07) is 40.3. The monoisotopic (exact) mass is 526 g/mol. The van der Waals surface area contributed by atoms with Crippen molar-refractivity contribution in [1.29, 1.82) is 0 Å². The Labute approximate surface area is 234 Å². The summed E-state index contributed by atoms with van der Waals surface area (Å²) in [6.45, 7) is 0. The number of rotatable bonds is 3. The van der Waals surface area contributed by atoms with Crippen LogP contribution in [0.25, 0.3) is 77.3 Å². The Morgan fingerprint density at radius 3 is 2.27 bits per heavy atom. The molecule has 4 heterocycles. The van der Waals surface area contributed by atoms with Gasteiger partial charge in [-0.25, -0.2) is 9.97 Å². The maximum atomic E-state index is 5.69. The van der Waals surface area contributed by atoms with Crippen molar-refractivity contribution < 1.29 is 4.42 Å². The second-order valence-corrected chi connectivity index (χ2v) is 10.3. The molecule has 0 fully saturated rings. The summed E-state index contributed by atoms with van der Waals surface area (Å²) in [5, 5.41) is 6.69. The van der Waals surface area contributed by atoms with Gasteiger partial charge in [0.15, 0.2) is 0 Å². The van der Waals surface area contributed by atoms with E-state index in [0.29, 0.717) is 5.95 Å². The SMILES string of the molecule is c1ccc(-n2ccc3c2ccc2c4ccccc4n(-c4nc(-c5cccc6ccccc56)c5cocc5n4)c23)cc1. The van der Waals surface area contributed by atoms with Crippen LogP contribution < -0.4 is 0 Å². The smallest absolute Gasteiger partial charge is 0.235 e. The van der Waals surface area contributed by atoms with E-state index < -0.39 is 0 Å². The Balaban J connectivity index is 1.40. The molecule has 4 aromatic heterocycles. The van der Waals surface area contributed by atoms with Gasteiger partial charge in [-0.15, -0.1) is 0 Å². The molecule has 41 heavy (non-hydrogen) atoms. The number of fused-ring (bicyclic) bond motifs is 7. The fourth-order valence-corrected chi connectivity index (χ4v) is 6.28. The van der Waals surface area contributed by atoms with Crippen LogP contribution in [0.4, 0.5) is 0 Å². The second kappa shape index (κ2) is 8.41. The first kappa shape index (κ1) is 22.2. The molecule has 0 saturated carbocycles. The average Bonchev–Trinajstić information content (AvgIpc) is 3.76. The van der Waals surface area contributed by atoms with Crippen LogP contribution >= 0.6 is 0 Å². The molecule has 0 bridgehead atoms. The first-order valence-electron chi connectivity index (χ1n) is 13.7. The Hall–Kier alpha value is -5.68. The first-order valence-corrected chi connectivity index (χ1v) is 13.7. The molecule has 0 unspecified atom stereocenters. The zero-order valence-corrected chi connectivity index (χ0v) is 21.9. The van der Waals surface area contributed by atoms with E-state index in [-0.39, 0.29) is 0 Å². The minimum Gasteiger partial charge on any atom is -0.470 e. The number of aromatic nitrogens is 4. The summed E-state index contributed by atoms with van der Waals surface area (Å²) in [5.74, 6) is 0.619. The van der Waals surface area contributed by atoms with Crippen molar-refractivity contribution in [2.75, 3.05) is 0 Å². The van der Waals surface area contributed by atoms with Crippen molar-refractivity contribution in [2.45, 2.75) is 0 Å². The predicted octanol–water partition coefficient (Wildman–Crippen LogP) is 9.08. The summed E-state index contributed by atoms with van der Waals surface area (Å²) >= 11 is 0. The summed E-state index contributed by atoms with van der Waals surface area (Å²) in [6.07, 6.45) is 5.61. The minimum atomic E-state index is 0.619. The van der Waals surface area contributed by atoms with E-state index in [4.69, 9.17) is 14.4 Å². The summed E-state index contributed by atoms with van der Waals surface area (Å²) in [7, 11) is 0. The highest BCUT2D eigenvalue weighted by atomic mass is 16.3. The van der Waals surface area contributed by atoms with Crippen LogP contribution in [0, 0.1) is 0 Å². The number of nitrogens with zero attached hydrogens (tertiary/aromatic N) is 4. The molecule has 5 aromatic carbocycles. The Morgan fingerprint density at radius 1 is 0.537 bits per heavy atom. The lowest BCUT2D eigenvalue weighted by molar-refractivity contribution is 0.572. The maximum Gasteiger partial charge on any atom is 0.235 e. The molecule has 9 rings (SSSR count). The standard InChI is InChI=1S/C36H22N4O/c1-2-11-24(12-3-1)39-20-19-29-32(39)18-17-28-26-14-6-7-16-33(26)40(35(28)29)36-37-31-22-41-21-30(31)34(38-36)27-15-8-10-23-9-4-5-13-25(23)27/h1-22H. The fourth-order valence-electron chi connectivity index (χ4n) is 6.28. The van der Waals surface area contributed by atoms with Crippen molar-refractivity contribution >= 4 is 54.4 Å². The molecule has 0 aliphatic carbocycles. The normalized spacial score (nSPS) is 11.9. The van der Waals surface area contributed by atoms with Gasteiger partial charge in [0.25, 0.3) is 0 Å². The van der Waals surface area contributed by atoms with Crippen molar-refractivity contribution in [1.82, 2.24) is 19.1 Å². The fraction of sp³-hybridized carbons (Fsp3) is 0. The maximum absolute atomic E-state index is 5.69. The lowest BCUT2D eigenvalue weighted by Crippen LogP contribution is -2.03. The molecule has 0 spiro atoms. The highest BCUT2D eigenvalue weighted by molar-refractivity contribution is 6.18. The topological polar surface area (TPSA) is 48.8 Å². The number of hydrogen-bond donors (Lipinski definition) is 0. The van der Waals surface area contributed by atoms with Crippen molar-refractivity contribution in [3.63, 3.8) is 0 Å². The van der Waals surface area contributed by atoms with Crippen LogP contribution in [0.2, 0.25) is 0 Å². The zero-order valence-electron chi connectivity index (χ0n) is 21.9. The van der Waals surface area contributed by atoms with E-state index in [0.717, 1.165) is 55.2 Å². The van der Waals surface area contributed by atoms with Gasteiger partial charge in [0.1, 0.15) is 18.0 Å². The van der Waals surface area contributed by atoms with Crippen LogP contribution in [0.15, 0.2) is 138 Å². The van der Waals surface area contributed by atoms with Gasteiger partial charge in [-0.2, -0.15) is 0 Å². The minimum absolute atomic E-state index is 0.619. The lowest BCUT2D eigenvalue weighted by Gasteiger charge is -2.12. The Kier molecular flexibility index (Phi) is 4.55. The first-order chi connectivity index (χ1) is 20.3. The second-order valence-electron chi connectivity index (χ2n) is 10.3. The third-order valence-electron chi connectivity index (χ3n) is 8.11. The van der Waals surface area contributed by atoms with E-state index in [9.17, 15) is 0 Å². The van der Waals surface area contributed by atoms with Crippen LogP contribution in [0.1, 0.15) is 0 Å². The Morgan fingerprint density at radius 2 is 1.34 bits per heavy atom. The largest absolute Gasteiger partial charge is 0.470 e. The summed E-state index contributed by atoms with van der Waals surface area (Å²) in [4.78, 5) is 10.4. The molecule has 0 amide bonds. The quantitative estimate of drug-likeness (QED) is 0.231. The van der Waals surface area contributed by atoms with Gasteiger partial charge >= 0.3 is 0 Å². The summed E-state index contributed by atoms with van der Waals surface area (Å²) < 4.78 is 10.1. The molecule has 0 saturated heterocycles. The van der Waals surface area contributed by atoms with E-state index in [1.165, 1.54) is 16.2 Å². The molecule has 0 N–H and O–H groups in total. The third kappa shape index (κ3) is 3.17. The molecule has 5 heteroatoms. The Bertz CT molecular complexity index is 2420. The van der Waals surface area contributed by atoms with Crippen molar-refractivity contribution in [2.24, 2.45) is 0 Å². The van der Waals surface area contributed by atoms with Gasteiger partial charge in [0, 0.05) is 33.6 Å². The lowest BCUT2D eigenvalue weighted by atomic mass is 10.0. The molecular formula is C36H22N4O. The van der Waals surface area contributed by atoms with E-state index in [2.05, 4.69) is 125 Å². The molecule has 192 valence electrons. The van der Waals surface area contributed by atoms with Crippen LogP contribution in [-0.4, -0.2) is 19.1 Å². The number of benzene rings is 5. The number of para-hydroxylation sites is 2. The van der Waals surface area contributed by atoms with E-state index >= 15 is 0 Å². The van der Waals surface area contributed by atoms with Crippen LogP contribution in [0.5, 0.6) is 0 Å². The third-order valence-corrected chi connectivity index (χ3v) is 8.11. The molecular weight excluding hydrogens is 504 g/mol. The highest BCUT2D eigenvalue weighted by Crippen LogP contribution is 2.39. The van der Waals surface area contributed by atoms with Gasteiger partial charge in [0.05, 0.1) is 27.6 Å². The highest BCUT2D eigenvalue weighted by Gasteiger charge is 2.21. The van der Waals surface area contributed by atoms with Gasteiger partial charge in [-0.3, -0.25) is 4.57 Å². The molecule has 5 nitrogen and oxygen atoms in total. The summed E-state index contributed by atoms with van der Waals surface area (Å²) in [5.41, 5.74) is 7.09. The van der Waals surface area contributed by atoms with E-state index in [1.807, 2.05) is 6.07 Å². The zero-order chi connectivity index (χ0) is 26.9. The molecule has 0 atom stereocenters. The molecule has 0 aliphatic heterocycles. The van der Waals surface area contributed by atoms with E-state index in [1.54, 1.807) is 12.5 Å². The van der Waals surface area contributed by atoms with Crippen LogP contribution in [-0.2, 0) is 0 Å². The molecule has 0 aliphatic rings. The van der Waals surface area contributed by atoms with Crippen molar-refractivity contribution in [3.05, 3.63) is 134 Å². The van der Waals surface area contributed by atoms with Gasteiger partial charge in [-0.1, -0.05) is 84.9 Å². The number of furan rings is 1. The van der Waals surface area contributed by atoms with Crippen molar-refractivity contribution in [3.8, 4) is 22.9 Å². The molecule has 9 aromatic rings.